The van der Waals surface area contributed by atoms with Crippen LogP contribution in [0.15, 0.2) is 23.1 Å². The average molecular weight is 516 g/mol. The SMILES string of the molecule is CCn1c(CO)nn(-c2nc(OCC(F)(F)F)c(C(=O)Nc3cc(C#N)cnc3Cl)cc2F)c1=O. The number of aliphatic hydroxyl groups excluding tert-OH is 1. The Kier molecular flexibility index (Phi) is 7.37. The molecule has 1 amide bonds. The van der Waals surface area contributed by atoms with E-state index in [2.05, 4.69) is 25.1 Å². The molecule has 3 rings (SSSR count). The van der Waals surface area contributed by atoms with Crippen molar-refractivity contribution in [2.45, 2.75) is 26.3 Å². The van der Waals surface area contributed by atoms with E-state index in [-0.39, 0.29) is 28.8 Å². The highest BCUT2D eigenvalue weighted by atomic mass is 35.5. The number of pyridine rings is 2. The minimum absolute atomic E-state index is 0.00321. The zero-order valence-corrected chi connectivity index (χ0v) is 18.4. The van der Waals surface area contributed by atoms with Gasteiger partial charge >= 0.3 is 11.9 Å². The molecule has 11 nitrogen and oxygen atoms in total. The predicted octanol–water partition coefficient (Wildman–Crippen LogP) is 2.19. The van der Waals surface area contributed by atoms with E-state index in [1.165, 1.54) is 0 Å². The first kappa shape index (κ1) is 25.6. The lowest BCUT2D eigenvalue weighted by atomic mass is 10.2. The van der Waals surface area contributed by atoms with E-state index in [0.717, 1.165) is 16.8 Å². The molecule has 0 aliphatic carbocycles. The molecule has 0 radical (unpaired) electrons. The van der Waals surface area contributed by atoms with Gasteiger partial charge < -0.3 is 15.2 Å². The van der Waals surface area contributed by atoms with Crippen molar-refractivity contribution in [3.8, 4) is 17.8 Å². The lowest BCUT2D eigenvalue weighted by molar-refractivity contribution is -0.154. The highest BCUT2D eigenvalue weighted by molar-refractivity contribution is 6.32. The summed E-state index contributed by atoms with van der Waals surface area (Å²) in [5, 5.41) is 24.0. The smallest absolute Gasteiger partial charge is 0.422 e. The molecule has 0 saturated heterocycles. The second kappa shape index (κ2) is 10.1. The third kappa shape index (κ3) is 5.55. The molecule has 16 heteroatoms. The number of carbonyl (C=O) groups excluding carboxylic acids is 1. The van der Waals surface area contributed by atoms with E-state index in [1.807, 2.05) is 0 Å². The molecule has 0 aliphatic rings. The molecular weight excluding hydrogens is 502 g/mol. The Morgan fingerprint density at radius 3 is 2.66 bits per heavy atom. The Morgan fingerprint density at radius 2 is 2.09 bits per heavy atom. The number of carbonyl (C=O) groups is 1. The number of rotatable bonds is 7. The van der Waals surface area contributed by atoms with Crippen molar-refractivity contribution in [3.05, 3.63) is 56.7 Å². The Morgan fingerprint density at radius 1 is 1.37 bits per heavy atom. The van der Waals surface area contributed by atoms with Crippen LogP contribution < -0.4 is 15.7 Å². The fourth-order valence-electron chi connectivity index (χ4n) is 2.83. The van der Waals surface area contributed by atoms with E-state index >= 15 is 0 Å². The maximum absolute atomic E-state index is 14.9. The van der Waals surface area contributed by atoms with Crippen molar-refractivity contribution in [1.82, 2.24) is 24.3 Å². The molecule has 0 fully saturated rings. The first-order chi connectivity index (χ1) is 16.5. The van der Waals surface area contributed by atoms with Crippen LogP contribution in [0.3, 0.4) is 0 Å². The summed E-state index contributed by atoms with van der Waals surface area (Å²) < 4.78 is 59.3. The van der Waals surface area contributed by atoms with E-state index in [1.54, 1.807) is 13.0 Å². The number of aliphatic hydroxyl groups is 1. The van der Waals surface area contributed by atoms with Gasteiger partial charge in [0.1, 0.15) is 18.2 Å². The number of ether oxygens (including phenoxy) is 1. The number of alkyl halides is 3. The monoisotopic (exact) mass is 515 g/mol. The van der Waals surface area contributed by atoms with E-state index in [0.29, 0.717) is 10.7 Å². The fourth-order valence-corrected chi connectivity index (χ4v) is 2.98. The quantitative estimate of drug-likeness (QED) is 0.359. The van der Waals surface area contributed by atoms with Crippen LogP contribution in [-0.2, 0) is 13.2 Å². The number of nitriles is 1. The molecule has 0 aromatic carbocycles. The average Bonchev–Trinajstić information content (AvgIpc) is 3.13. The van der Waals surface area contributed by atoms with Crippen molar-refractivity contribution in [1.29, 1.82) is 5.26 Å². The van der Waals surface area contributed by atoms with Crippen LogP contribution in [-0.4, -0.2) is 48.1 Å². The summed E-state index contributed by atoms with van der Waals surface area (Å²) in [5.74, 6) is -4.49. The van der Waals surface area contributed by atoms with Crippen molar-refractivity contribution in [2.24, 2.45) is 0 Å². The Bertz CT molecular complexity index is 1380. The number of hydrogen-bond donors (Lipinski definition) is 2. The maximum Gasteiger partial charge on any atom is 0.422 e. The number of amides is 1. The normalized spacial score (nSPS) is 11.3. The van der Waals surface area contributed by atoms with Crippen molar-refractivity contribution >= 4 is 23.2 Å². The number of anilines is 1. The van der Waals surface area contributed by atoms with Gasteiger partial charge in [-0.05, 0) is 19.1 Å². The van der Waals surface area contributed by atoms with Crippen LogP contribution in [0.2, 0.25) is 5.15 Å². The molecule has 3 aromatic rings. The number of halogens is 5. The molecule has 0 unspecified atom stereocenters. The van der Waals surface area contributed by atoms with Gasteiger partial charge in [-0.3, -0.25) is 9.36 Å². The predicted molar refractivity (Wildman–Crippen MR) is 111 cm³/mol. The fraction of sp³-hybridized carbons (Fsp3) is 0.263. The number of nitrogens with one attached hydrogen (secondary N) is 1. The molecule has 3 heterocycles. The first-order valence-electron chi connectivity index (χ1n) is 9.56. The number of hydrogen-bond acceptors (Lipinski definition) is 8. The highest BCUT2D eigenvalue weighted by Crippen LogP contribution is 2.26. The van der Waals surface area contributed by atoms with Gasteiger partial charge in [0.15, 0.2) is 29.2 Å². The van der Waals surface area contributed by atoms with Crippen molar-refractivity contribution in [3.63, 3.8) is 0 Å². The molecule has 0 bridgehead atoms. The molecule has 0 aliphatic heterocycles. The minimum atomic E-state index is -4.84. The minimum Gasteiger partial charge on any atom is -0.467 e. The zero-order valence-electron chi connectivity index (χ0n) is 17.6. The standard InChI is InChI=1S/C19H14ClF4N7O4/c1-2-30-13(7-32)29-31(18(30)34)15-11(21)4-10(17(28-15)35-8-19(22,23)24)16(33)27-12-3-9(5-25)6-26-14(12)20/h3-4,6,32H,2,7-8H2,1H3,(H,27,33). The zero-order chi connectivity index (χ0) is 25.9. The maximum atomic E-state index is 14.9. The van der Waals surface area contributed by atoms with Crippen molar-refractivity contribution in [2.75, 3.05) is 11.9 Å². The summed E-state index contributed by atoms with van der Waals surface area (Å²) in [6.45, 7) is -0.988. The summed E-state index contributed by atoms with van der Waals surface area (Å²) >= 11 is 5.87. The highest BCUT2D eigenvalue weighted by Gasteiger charge is 2.31. The van der Waals surface area contributed by atoms with Crippen LogP contribution in [0, 0.1) is 17.1 Å². The second-order valence-corrected chi connectivity index (χ2v) is 7.05. The van der Waals surface area contributed by atoms with E-state index in [4.69, 9.17) is 16.9 Å². The van der Waals surface area contributed by atoms with Crippen LogP contribution in [0.4, 0.5) is 23.2 Å². The van der Waals surface area contributed by atoms with Crippen molar-refractivity contribution < 1.29 is 32.2 Å². The van der Waals surface area contributed by atoms with Crippen LogP contribution >= 0.6 is 11.6 Å². The van der Waals surface area contributed by atoms with Gasteiger partial charge in [-0.25, -0.2) is 14.2 Å². The third-order valence-electron chi connectivity index (χ3n) is 4.35. The molecule has 0 atom stereocenters. The molecule has 0 spiro atoms. The molecule has 35 heavy (non-hydrogen) atoms. The second-order valence-electron chi connectivity index (χ2n) is 6.69. The van der Waals surface area contributed by atoms with Gasteiger partial charge in [0, 0.05) is 12.7 Å². The lowest BCUT2D eigenvalue weighted by Gasteiger charge is -2.14. The number of aromatic nitrogens is 5. The summed E-state index contributed by atoms with van der Waals surface area (Å²) in [6.07, 6.45) is -3.73. The third-order valence-corrected chi connectivity index (χ3v) is 4.65. The largest absolute Gasteiger partial charge is 0.467 e. The summed E-state index contributed by atoms with van der Waals surface area (Å²) in [5.41, 5.74) is -1.90. The van der Waals surface area contributed by atoms with Gasteiger partial charge in [-0.1, -0.05) is 11.6 Å². The topological polar surface area (TPSA) is 148 Å². The van der Waals surface area contributed by atoms with Crippen LogP contribution in [0.25, 0.3) is 5.82 Å². The first-order valence-corrected chi connectivity index (χ1v) is 9.93. The number of nitrogens with zero attached hydrogens (tertiary/aromatic N) is 6. The van der Waals surface area contributed by atoms with E-state index in [9.17, 15) is 32.3 Å². The van der Waals surface area contributed by atoms with Crippen LogP contribution in [0.1, 0.15) is 28.7 Å². The molecular formula is C19H14ClF4N7O4. The Balaban J connectivity index is 2.11. The van der Waals surface area contributed by atoms with E-state index < -0.39 is 54.1 Å². The van der Waals surface area contributed by atoms with Gasteiger partial charge in [0.05, 0.1) is 11.3 Å². The molecule has 2 N–H and O–H groups in total. The van der Waals surface area contributed by atoms with Gasteiger partial charge in [0.25, 0.3) is 5.91 Å². The van der Waals surface area contributed by atoms with Gasteiger partial charge in [0.2, 0.25) is 5.88 Å². The molecule has 184 valence electrons. The summed E-state index contributed by atoms with van der Waals surface area (Å²) in [6, 6.07) is 3.39. The summed E-state index contributed by atoms with van der Waals surface area (Å²) in [7, 11) is 0. The van der Waals surface area contributed by atoms with Gasteiger partial charge in [-0.15, -0.1) is 5.10 Å². The van der Waals surface area contributed by atoms with Crippen LogP contribution in [0.5, 0.6) is 5.88 Å². The Labute approximate surface area is 198 Å². The molecule has 0 saturated carbocycles. The van der Waals surface area contributed by atoms with Gasteiger partial charge in [-0.2, -0.15) is 28.1 Å². The molecule has 3 aromatic heterocycles. The lowest BCUT2D eigenvalue weighted by Crippen LogP contribution is -2.27. The summed E-state index contributed by atoms with van der Waals surface area (Å²) in [4.78, 5) is 32.6. The Hall–Kier alpha value is -4.03.